The Morgan fingerprint density at radius 3 is 1.38 bits per heavy atom. The van der Waals surface area contributed by atoms with E-state index in [0.717, 1.165) is 60.8 Å². The van der Waals surface area contributed by atoms with Crippen molar-refractivity contribution in [2.75, 3.05) is 0 Å². The molecule has 0 aliphatic rings. The molecule has 0 saturated carbocycles. The second kappa shape index (κ2) is 14.7. The highest BCUT2D eigenvalue weighted by atomic mass is 32.1. The molecular formula is C59H36N4S. The molecule has 0 radical (unpaired) electrons. The predicted molar refractivity (Wildman–Crippen MR) is 269 cm³/mol. The summed E-state index contributed by atoms with van der Waals surface area (Å²) in [6.45, 7) is 0. The van der Waals surface area contributed by atoms with Gasteiger partial charge in [-0.15, -0.1) is 11.3 Å². The number of fused-ring (bicyclic) bond motifs is 11. The van der Waals surface area contributed by atoms with Crippen molar-refractivity contribution >= 4 is 74.9 Å². The first-order valence-electron chi connectivity index (χ1n) is 21.6. The fourth-order valence-corrected chi connectivity index (χ4v) is 10.9. The van der Waals surface area contributed by atoms with Crippen LogP contribution in [-0.2, 0) is 0 Å². The van der Waals surface area contributed by atoms with Gasteiger partial charge in [-0.05, 0) is 56.1 Å². The normalized spacial score (nSPS) is 11.8. The van der Waals surface area contributed by atoms with Crippen molar-refractivity contribution in [3.8, 4) is 62.1 Å². The maximum absolute atomic E-state index is 5.51. The van der Waals surface area contributed by atoms with Gasteiger partial charge in [0.15, 0.2) is 11.6 Å². The number of thiophene rings is 1. The van der Waals surface area contributed by atoms with Gasteiger partial charge in [-0.3, -0.25) is 4.57 Å². The third-order valence-electron chi connectivity index (χ3n) is 12.7. The van der Waals surface area contributed by atoms with Crippen molar-refractivity contribution in [2.24, 2.45) is 0 Å². The summed E-state index contributed by atoms with van der Waals surface area (Å²) >= 11 is 1.84. The third-order valence-corrected chi connectivity index (χ3v) is 13.8. The summed E-state index contributed by atoms with van der Waals surface area (Å²) in [6, 6.07) is 77.9. The Hall–Kier alpha value is -8.25. The van der Waals surface area contributed by atoms with Crippen molar-refractivity contribution in [1.29, 1.82) is 0 Å². The molecule has 0 bridgehead atoms. The van der Waals surface area contributed by atoms with Gasteiger partial charge >= 0.3 is 0 Å². The van der Waals surface area contributed by atoms with Crippen molar-refractivity contribution in [3.05, 3.63) is 218 Å². The molecule has 0 aliphatic heterocycles. The van der Waals surface area contributed by atoms with Crippen LogP contribution in [0.25, 0.3) is 126 Å². The molecule has 5 heteroatoms. The van der Waals surface area contributed by atoms with Gasteiger partial charge in [-0.1, -0.05) is 206 Å². The zero-order valence-corrected chi connectivity index (χ0v) is 35.3. The number of rotatable bonds is 6. The summed E-state index contributed by atoms with van der Waals surface area (Å²) in [6.07, 6.45) is 0. The Morgan fingerprint density at radius 1 is 0.281 bits per heavy atom. The number of aromatic nitrogens is 4. The van der Waals surface area contributed by atoms with Crippen molar-refractivity contribution in [1.82, 2.24) is 19.5 Å². The first kappa shape index (κ1) is 36.4. The van der Waals surface area contributed by atoms with E-state index in [-0.39, 0.29) is 0 Å². The molecule has 13 aromatic rings. The highest BCUT2D eigenvalue weighted by Crippen LogP contribution is 2.47. The van der Waals surface area contributed by atoms with Gasteiger partial charge in [0.2, 0.25) is 5.95 Å². The molecule has 0 aliphatic carbocycles. The van der Waals surface area contributed by atoms with E-state index < -0.39 is 0 Å². The van der Waals surface area contributed by atoms with Crippen molar-refractivity contribution in [2.45, 2.75) is 0 Å². The van der Waals surface area contributed by atoms with Gasteiger partial charge in [0.05, 0.1) is 11.0 Å². The molecule has 0 spiro atoms. The first-order valence-corrected chi connectivity index (χ1v) is 22.4. The van der Waals surface area contributed by atoms with Gasteiger partial charge in [-0.25, -0.2) is 4.98 Å². The van der Waals surface area contributed by atoms with Gasteiger partial charge in [-0.2, -0.15) is 9.97 Å². The maximum Gasteiger partial charge on any atom is 0.238 e. The topological polar surface area (TPSA) is 43.6 Å². The van der Waals surface area contributed by atoms with Crippen LogP contribution in [0.1, 0.15) is 0 Å². The molecule has 10 aromatic carbocycles. The second-order valence-corrected chi connectivity index (χ2v) is 17.4. The van der Waals surface area contributed by atoms with Gasteiger partial charge < -0.3 is 0 Å². The molecule has 0 saturated heterocycles. The molecular weight excluding hydrogens is 797 g/mol. The van der Waals surface area contributed by atoms with Crippen LogP contribution in [0.4, 0.5) is 0 Å². The summed E-state index contributed by atoms with van der Waals surface area (Å²) in [5.74, 6) is 1.78. The average molecular weight is 833 g/mol. The Balaban J connectivity index is 1.15. The monoisotopic (exact) mass is 832 g/mol. The largest absolute Gasteiger partial charge is 0.277 e. The van der Waals surface area contributed by atoms with Crippen LogP contribution in [0, 0.1) is 0 Å². The summed E-state index contributed by atoms with van der Waals surface area (Å²) < 4.78 is 4.88. The molecule has 0 fully saturated rings. The molecule has 13 rings (SSSR count). The standard InChI is InChI=1S/C59H36N4S/c1-3-15-37(16-4-1)39-29-33-41(34-30-39)57-60-58(42-35-31-40(32-36-42)38-17-5-2-6-18-38)62-59(61-57)63-55-48(46-24-14-28-52-53(46)49-23-11-12-27-51(49)64-52)25-13-26-50(55)54-45-21-9-7-19-43(45)44-20-8-10-22-47(44)56(54)63/h1-36H. The van der Waals surface area contributed by atoms with E-state index in [1.807, 2.05) is 23.5 Å². The number of para-hydroxylation sites is 1. The van der Waals surface area contributed by atoms with E-state index in [1.165, 1.54) is 47.3 Å². The molecule has 4 nitrogen and oxygen atoms in total. The highest BCUT2D eigenvalue weighted by Gasteiger charge is 2.25. The summed E-state index contributed by atoms with van der Waals surface area (Å²) in [5.41, 5.74) is 10.9. The van der Waals surface area contributed by atoms with Crippen LogP contribution in [0.3, 0.4) is 0 Å². The first-order chi connectivity index (χ1) is 31.7. The minimum Gasteiger partial charge on any atom is -0.277 e. The lowest BCUT2D eigenvalue weighted by Crippen LogP contribution is -2.07. The molecule has 3 aromatic heterocycles. The van der Waals surface area contributed by atoms with Gasteiger partial charge in [0.25, 0.3) is 0 Å². The Bertz CT molecular complexity index is 3830. The van der Waals surface area contributed by atoms with Crippen LogP contribution in [0.15, 0.2) is 218 Å². The van der Waals surface area contributed by atoms with Crippen molar-refractivity contribution in [3.63, 3.8) is 0 Å². The van der Waals surface area contributed by atoms with E-state index in [9.17, 15) is 0 Å². The fraction of sp³-hybridized carbons (Fsp3) is 0. The summed E-state index contributed by atoms with van der Waals surface area (Å²) in [5, 5.41) is 9.58. The molecule has 0 amide bonds. The summed E-state index contributed by atoms with van der Waals surface area (Å²) in [4.78, 5) is 16.3. The number of hydrogen-bond acceptors (Lipinski definition) is 4. The molecule has 298 valence electrons. The van der Waals surface area contributed by atoms with Crippen LogP contribution in [-0.4, -0.2) is 19.5 Å². The van der Waals surface area contributed by atoms with Crippen LogP contribution in [0.5, 0.6) is 0 Å². The SMILES string of the molecule is c1ccc(-c2ccc(-c3nc(-c4ccc(-c5ccccc5)cc4)nc(-n4c5c(-c6cccc7sc8ccccc8c67)cccc5c5c6ccccc6c6ccccc6c54)n3)cc2)cc1. The third kappa shape index (κ3) is 5.79. The molecule has 0 N–H and O–H groups in total. The molecule has 3 heterocycles. The Morgan fingerprint density at radius 2 is 0.734 bits per heavy atom. The van der Waals surface area contributed by atoms with Crippen LogP contribution in [0.2, 0.25) is 0 Å². The number of benzene rings is 10. The van der Waals surface area contributed by atoms with E-state index in [4.69, 9.17) is 15.0 Å². The maximum atomic E-state index is 5.51. The van der Waals surface area contributed by atoms with Crippen molar-refractivity contribution < 1.29 is 0 Å². The minimum atomic E-state index is 0.564. The lowest BCUT2D eigenvalue weighted by Gasteiger charge is -2.15. The smallest absolute Gasteiger partial charge is 0.238 e. The van der Waals surface area contributed by atoms with Gasteiger partial charge in [0, 0.05) is 53.0 Å². The van der Waals surface area contributed by atoms with E-state index in [2.05, 4.69) is 211 Å². The fourth-order valence-electron chi connectivity index (χ4n) is 9.75. The lowest BCUT2D eigenvalue weighted by atomic mass is 9.95. The second-order valence-electron chi connectivity index (χ2n) is 16.3. The predicted octanol–water partition coefficient (Wildman–Crippen LogP) is 16.0. The van der Waals surface area contributed by atoms with Crippen LogP contribution < -0.4 is 0 Å². The van der Waals surface area contributed by atoms with Gasteiger partial charge in [0.1, 0.15) is 0 Å². The quantitative estimate of drug-likeness (QED) is 0.157. The highest BCUT2D eigenvalue weighted by molar-refractivity contribution is 7.25. The van der Waals surface area contributed by atoms with E-state index in [1.54, 1.807) is 0 Å². The summed E-state index contributed by atoms with van der Waals surface area (Å²) in [7, 11) is 0. The molecule has 64 heavy (non-hydrogen) atoms. The van der Waals surface area contributed by atoms with Crippen LogP contribution >= 0.6 is 11.3 Å². The Kier molecular flexibility index (Phi) is 8.36. The number of nitrogens with zero attached hydrogens (tertiary/aromatic N) is 4. The average Bonchev–Trinajstić information content (AvgIpc) is 3.94. The molecule has 0 atom stereocenters. The van der Waals surface area contributed by atoms with E-state index in [0.29, 0.717) is 17.6 Å². The zero-order valence-electron chi connectivity index (χ0n) is 34.5. The zero-order chi connectivity index (χ0) is 42.1. The molecule has 0 unspecified atom stereocenters. The Labute approximate surface area is 373 Å². The lowest BCUT2D eigenvalue weighted by molar-refractivity contribution is 0.955. The number of hydrogen-bond donors (Lipinski definition) is 0. The minimum absolute atomic E-state index is 0.564. The van der Waals surface area contributed by atoms with E-state index >= 15 is 0 Å².